The van der Waals surface area contributed by atoms with E-state index in [1.54, 1.807) is 11.8 Å². The van der Waals surface area contributed by atoms with Crippen LogP contribution in [0.3, 0.4) is 0 Å². The molecule has 0 unspecified atom stereocenters. The Morgan fingerprint density at radius 3 is 3.29 bits per heavy atom. The van der Waals surface area contributed by atoms with Gasteiger partial charge in [0.25, 0.3) is 0 Å². The van der Waals surface area contributed by atoms with Crippen molar-refractivity contribution in [1.29, 1.82) is 0 Å². The number of halogens is 1. The third kappa shape index (κ3) is 2.05. The second-order valence-electron chi connectivity index (χ2n) is 2.97. The van der Waals surface area contributed by atoms with Crippen LogP contribution in [0.2, 0.25) is 5.15 Å². The maximum absolute atomic E-state index is 6.05. The summed E-state index contributed by atoms with van der Waals surface area (Å²) >= 11 is 9.64. The van der Waals surface area contributed by atoms with Crippen molar-refractivity contribution in [3.05, 3.63) is 10.8 Å². The van der Waals surface area contributed by atoms with Crippen LogP contribution in [0.4, 0.5) is 0 Å². The summed E-state index contributed by atoms with van der Waals surface area (Å²) in [6.45, 7) is 1.76. The molecule has 1 aromatic rings. The molecule has 1 aliphatic heterocycles. The maximum Gasteiger partial charge on any atom is 0.169 e. The molecular formula is C8H12ClN3S2. The highest BCUT2D eigenvalue weighted by Crippen LogP contribution is 2.32. The van der Waals surface area contributed by atoms with Crippen LogP contribution >= 0.6 is 35.1 Å². The van der Waals surface area contributed by atoms with E-state index in [9.17, 15) is 0 Å². The van der Waals surface area contributed by atoms with Gasteiger partial charge in [-0.15, -0.1) is 0 Å². The maximum atomic E-state index is 6.05. The van der Waals surface area contributed by atoms with Gasteiger partial charge in [0.05, 0.1) is 5.69 Å². The summed E-state index contributed by atoms with van der Waals surface area (Å²) in [7, 11) is 0. The summed E-state index contributed by atoms with van der Waals surface area (Å²) in [4.78, 5) is 4.32. The minimum absolute atomic E-state index is 0.664. The number of thioether (sulfide) groups is 2. The molecule has 6 heteroatoms. The first-order chi connectivity index (χ1) is 6.83. The van der Waals surface area contributed by atoms with E-state index in [1.165, 1.54) is 0 Å². The third-order valence-electron chi connectivity index (χ3n) is 2.04. The normalized spacial score (nSPS) is 14.7. The molecule has 3 nitrogen and oxygen atoms in total. The van der Waals surface area contributed by atoms with E-state index < -0.39 is 0 Å². The van der Waals surface area contributed by atoms with Crippen LogP contribution in [0.5, 0.6) is 0 Å². The van der Waals surface area contributed by atoms with E-state index in [0.717, 1.165) is 41.2 Å². The van der Waals surface area contributed by atoms with Gasteiger partial charge in [0.15, 0.2) is 10.3 Å². The Morgan fingerprint density at radius 1 is 1.64 bits per heavy atom. The van der Waals surface area contributed by atoms with Crippen LogP contribution in [0.1, 0.15) is 5.69 Å². The molecule has 1 aromatic heterocycles. The second kappa shape index (κ2) is 4.79. The first-order valence-corrected chi connectivity index (χ1v) is 7.00. The quantitative estimate of drug-likeness (QED) is 0.827. The summed E-state index contributed by atoms with van der Waals surface area (Å²) in [5.41, 5.74) is 6.60. The molecule has 0 saturated heterocycles. The van der Waals surface area contributed by atoms with Crippen LogP contribution in [0.25, 0.3) is 0 Å². The lowest BCUT2D eigenvalue weighted by atomic mass is 10.5. The number of nitrogens with zero attached hydrogens (tertiary/aromatic N) is 2. The average Bonchev–Trinajstić information content (AvgIpc) is 2.69. The van der Waals surface area contributed by atoms with E-state index in [-0.39, 0.29) is 0 Å². The van der Waals surface area contributed by atoms with Gasteiger partial charge in [-0.1, -0.05) is 23.4 Å². The van der Waals surface area contributed by atoms with Crippen molar-refractivity contribution in [2.75, 3.05) is 18.1 Å². The molecule has 78 valence electrons. The molecule has 0 atom stereocenters. The predicted octanol–water partition coefficient (Wildman–Crippen LogP) is 1.83. The van der Waals surface area contributed by atoms with E-state index in [2.05, 4.69) is 9.55 Å². The summed E-state index contributed by atoms with van der Waals surface area (Å²) in [6, 6.07) is 0. The molecule has 14 heavy (non-hydrogen) atoms. The van der Waals surface area contributed by atoms with Crippen LogP contribution < -0.4 is 5.73 Å². The zero-order valence-electron chi connectivity index (χ0n) is 7.70. The van der Waals surface area contributed by atoms with E-state index >= 15 is 0 Å². The SMILES string of the molecule is NCCSCc1c(Cl)nc2n1CCS2. The molecule has 0 radical (unpaired) electrons. The summed E-state index contributed by atoms with van der Waals surface area (Å²) < 4.78 is 2.22. The predicted molar refractivity (Wildman–Crippen MR) is 63.2 cm³/mol. The second-order valence-corrected chi connectivity index (χ2v) is 5.50. The van der Waals surface area contributed by atoms with E-state index in [1.807, 2.05) is 11.8 Å². The number of nitrogens with two attached hydrogens (primary N) is 1. The number of fused-ring (bicyclic) bond motifs is 1. The van der Waals surface area contributed by atoms with Gasteiger partial charge in [-0.3, -0.25) is 0 Å². The van der Waals surface area contributed by atoms with Crippen LogP contribution in [-0.4, -0.2) is 27.6 Å². The van der Waals surface area contributed by atoms with Gasteiger partial charge in [0, 0.05) is 30.3 Å². The largest absolute Gasteiger partial charge is 0.330 e. The monoisotopic (exact) mass is 249 g/mol. The number of hydrogen-bond donors (Lipinski definition) is 1. The van der Waals surface area contributed by atoms with Crippen molar-refractivity contribution >= 4 is 35.1 Å². The summed E-state index contributed by atoms with van der Waals surface area (Å²) in [5.74, 6) is 3.02. The summed E-state index contributed by atoms with van der Waals surface area (Å²) in [5, 5.41) is 1.73. The third-order valence-corrected chi connectivity index (χ3v) is 4.30. The van der Waals surface area contributed by atoms with E-state index in [4.69, 9.17) is 17.3 Å². The first kappa shape index (κ1) is 10.7. The van der Waals surface area contributed by atoms with Crippen molar-refractivity contribution in [3.8, 4) is 0 Å². The summed E-state index contributed by atoms with van der Waals surface area (Å²) in [6.07, 6.45) is 0. The highest BCUT2D eigenvalue weighted by Gasteiger charge is 2.20. The Hall–Kier alpha value is 0.160. The van der Waals surface area contributed by atoms with Crippen LogP contribution in [0, 0.1) is 0 Å². The molecule has 2 rings (SSSR count). The fraction of sp³-hybridized carbons (Fsp3) is 0.625. The van der Waals surface area contributed by atoms with Crippen molar-refractivity contribution < 1.29 is 0 Å². The van der Waals surface area contributed by atoms with Gasteiger partial charge in [0.2, 0.25) is 0 Å². The molecule has 0 amide bonds. The lowest BCUT2D eigenvalue weighted by molar-refractivity contribution is 0.695. The Morgan fingerprint density at radius 2 is 2.50 bits per heavy atom. The Labute approximate surface area is 96.8 Å². The standard InChI is InChI=1S/C8H12ClN3S2/c9-7-6(5-13-3-1-10)12-2-4-14-8(12)11-7/h1-5,10H2. The molecule has 0 fully saturated rings. The molecule has 0 aliphatic carbocycles. The fourth-order valence-corrected chi connectivity index (χ4v) is 3.54. The van der Waals surface area contributed by atoms with Gasteiger partial charge in [0.1, 0.15) is 0 Å². The number of hydrogen-bond acceptors (Lipinski definition) is 4. The van der Waals surface area contributed by atoms with Gasteiger partial charge in [-0.25, -0.2) is 4.98 Å². The molecule has 2 N–H and O–H groups in total. The lowest BCUT2D eigenvalue weighted by Crippen LogP contribution is -2.03. The molecule has 2 heterocycles. The minimum Gasteiger partial charge on any atom is -0.330 e. The molecule has 0 bridgehead atoms. The topological polar surface area (TPSA) is 43.8 Å². The van der Waals surface area contributed by atoms with Gasteiger partial charge < -0.3 is 10.3 Å². The number of aromatic nitrogens is 2. The number of imidazole rings is 1. The fourth-order valence-electron chi connectivity index (χ4n) is 1.39. The van der Waals surface area contributed by atoms with Crippen molar-refractivity contribution in [3.63, 3.8) is 0 Å². The lowest BCUT2D eigenvalue weighted by Gasteiger charge is -2.03. The first-order valence-electron chi connectivity index (χ1n) is 4.48. The van der Waals surface area contributed by atoms with Gasteiger partial charge >= 0.3 is 0 Å². The minimum atomic E-state index is 0.664. The van der Waals surface area contributed by atoms with Crippen LogP contribution in [0.15, 0.2) is 5.16 Å². The molecule has 1 aliphatic rings. The highest BCUT2D eigenvalue weighted by molar-refractivity contribution is 7.99. The van der Waals surface area contributed by atoms with Crippen molar-refractivity contribution in [1.82, 2.24) is 9.55 Å². The van der Waals surface area contributed by atoms with Crippen LogP contribution in [-0.2, 0) is 12.3 Å². The Bertz CT molecular complexity index is 327. The van der Waals surface area contributed by atoms with Crippen molar-refractivity contribution in [2.24, 2.45) is 5.73 Å². The Kier molecular flexibility index (Phi) is 3.65. The van der Waals surface area contributed by atoms with E-state index in [0.29, 0.717) is 5.15 Å². The smallest absolute Gasteiger partial charge is 0.169 e. The molecule has 0 saturated carbocycles. The zero-order chi connectivity index (χ0) is 9.97. The Balaban J connectivity index is 2.08. The highest BCUT2D eigenvalue weighted by atomic mass is 35.5. The molecular weight excluding hydrogens is 238 g/mol. The zero-order valence-corrected chi connectivity index (χ0v) is 10.1. The van der Waals surface area contributed by atoms with Gasteiger partial charge in [-0.2, -0.15) is 11.8 Å². The average molecular weight is 250 g/mol. The van der Waals surface area contributed by atoms with Gasteiger partial charge in [-0.05, 0) is 0 Å². The molecule has 0 spiro atoms. The van der Waals surface area contributed by atoms with Crippen molar-refractivity contribution in [2.45, 2.75) is 17.5 Å². The number of rotatable bonds is 4. The molecule has 0 aromatic carbocycles.